The van der Waals surface area contributed by atoms with Crippen LogP contribution in [-0.4, -0.2) is 30.5 Å². The van der Waals surface area contributed by atoms with Crippen LogP contribution in [0.3, 0.4) is 0 Å². The van der Waals surface area contributed by atoms with E-state index in [4.69, 9.17) is 4.74 Å². The summed E-state index contributed by atoms with van der Waals surface area (Å²) in [4.78, 5) is 14.5. The van der Waals surface area contributed by atoms with Crippen LogP contribution in [0.25, 0.3) is 0 Å². The highest BCUT2D eigenvalue weighted by Crippen LogP contribution is 2.29. The van der Waals surface area contributed by atoms with Gasteiger partial charge in [0.2, 0.25) is 0 Å². The molecule has 3 nitrogen and oxygen atoms in total. The van der Waals surface area contributed by atoms with E-state index in [0.29, 0.717) is 6.61 Å². The standard InChI is InChI=1S/C15H19NO2/c17-15(16-9-4-1-5-10-16)14-13-7-3-2-6-12(13)8-11-18-14/h2-3,6-7,14H,1,4-5,8-11H2. The summed E-state index contributed by atoms with van der Waals surface area (Å²) in [5.74, 6) is 0.154. The number of likely N-dealkylation sites (tertiary alicyclic amines) is 1. The summed E-state index contributed by atoms with van der Waals surface area (Å²) in [5, 5.41) is 0. The molecule has 2 heterocycles. The SMILES string of the molecule is O=C(C1OCCc2ccccc21)N1CCCCC1. The van der Waals surface area contributed by atoms with E-state index < -0.39 is 0 Å². The fourth-order valence-corrected chi connectivity index (χ4v) is 2.88. The molecule has 1 atom stereocenters. The molecule has 2 aliphatic rings. The molecule has 18 heavy (non-hydrogen) atoms. The summed E-state index contributed by atoms with van der Waals surface area (Å²) in [6.45, 7) is 2.43. The molecule has 0 bridgehead atoms. The lowest BCUT2D eigenvalue weighted by Crippen LogP contribution is -2.40. The summed E-state index contributed by atoms with van der Waals surface area (Å²) in [7, 11) is 0. The van der Waals surface area contributed by atoms with E-state index in [2.05, 4.69) is 6.07 Å². The molecule has 0 N–H and O–H groups in total. The lowest BCUT2D eigenvalue weighted by Gasteiger charge is -2.33. The summed E-state index contributed by atoms with van der Waals surface area (Å²) in [5.41, 5.74) is 2.33. The van der Waals surface area contributed by atoms with Gasteiger partial charge in [0.15, 0.2) is 6.10 Å². The molecule has 96 valence electrons. The van der Waals surface area contributed by atoms with Crippen LogP contribution in [0.15, 0.2) is 24.3 Å². The zero-order valence-corrected chi connectivity index (χ0v) is 10.6. The Morgan fingerprint density at radius 3 is 2.78 bits per heavy atom. The van der Waals surface area contributed by atoms with Gasteiger partial charge in [-0.2, -0.15) is 0 Å². The molecular formula is C15H19NO2. The van der Waals surface area contributed by atoms with Crippen molar-refractivity contribution >= 4 is 5.91 Å². The Labute approximate surface area is 108 Å². The van der Waals surface area contributed by atoms with Crippen LogP contribution < -0.4 is 0 Å². The Kier molecular flexibility index (Phi) is 3.33. The molecule has 0 aromatic heterocycles. The molecule has 1 fully saturated rings. The van der Waals surface area contributed by atoms with Crippen LogP contribution in [0.4, 0.5) is 0 Å². The van der Waals surface area contributed by atoms with Crippen molar-refractivity contribution in [3.63, 3.8) is 0 Å². The fraction of sp³-hybridized carbons (Fsp3) is 0.533. The van der Waals surface area contributed by atoms with E-state index in [0.717, 1.165) is 37.9 Å². The molecule has 1 aromatic rings. The van der Waals surface area contributed by atoms with Gasteiger partial charge in [-0.25, -0.2) is 0 Å². The molecular weight excluding hydrogens is 226 g/mol. The van der Waals surface area contributed by atoms with Crippen LogP contribution in [0.2, 0.25) is 0 Å². The second-order valence-corrected chi connectivity index (χ2v) is 5.09. The Morgan fingerprint density at radius 2 is 1.94 bits per heavy atom. The number of carbonyl (C=O) groups is 1. The monoisotopic (exact) mass is 245 g/mol. The van der Waals surface area contributed by atoms with E-state index in [1.807, 2.05) is 23.1 Å². The van der Waals surface area contributed by atoms with Crippen molar-refractivity contribution in [1.29, 1.82) is 0 Å². The highest BCUT2D eigenvalue weighted by Gasteiger charge is 2.31. The first kappa shape index (κ1) is 11.7. The number of piperidine rings is 1. The third kappa shape index (κ3) is 2.15. The second kappa shape index (κ2) is 5.11. The first-order chi connectivity index (χ1) is 8.86. The fourth-order valence-electron chi connectivity index (χ4n) is 2.88. The topological polar surface area (TPSA) is 29.5 Å². The highest BCUT2D eigenvalue weighted by molar-refractivity contribution is 5.83. The minimum Gasteiger partial charge on any atom is -0.363 e. The van der Waals surface area contributed by atoms with Crippen molar-refractivity contribution in [2.24, 2.45) is 0 Å². The average Bonchev–Trinajstić information content (AvgIpc) is 2.47. The number of rotatable bonds is 1. The molecule has 1 unspecified atom stereocenters. The third-order valence-electron chi connectivity index (χ3n) is 3.89. The minimum absolute atomic E-state index is 0.154. The number of benzene rings is 1. The average molecular weight is 245 g/mol. The van der Waals surface area contributed by atoms with Gasteiger partial charge in [-0.05, 0) is 36.8 Å². The molecule has 3 heteroatoms. The summed E-state index contributed by atoms with van der Waals surface area (Å²) >= 11 is 0. The first-order valence-electron chi connectivity index (χ1n) is 6.84. The van der Waals surface area contributed by atoms with Crippen LogP contribution >= 0.6 is 0 Å². The summed E-state index contributed by atoms with van der Waals surface area (Å²) < 4.78 is 5.73. The van der Waals surface area contributed by atoms with Crippen molar-refractivity contribution in [3.8, 4) is 0 Å². The Bertz CT molecular complexity index is 438. The normalized spacial score (nSPS) is 23.6. The molecule has 0 saturated carbocycles. The molecule has 1 saturated heterocycles. The van der Waals surface area contributed by atoms with Gasteiger partial charge in [-0.1, -0.05) is 24.3 Å². The van der Waals surface area contributed by atoms with Gasteiger partial charge in [-0.3, -0.25) is 4.79 Å². The maximum atomic E-state index is 12.5. The highest BCUT2D eigenvalue weighted by atomic mass is 16.5. The Balaban J connectivity index is 1.82. The third-order valence-corrected chi connectivity index (χ3v) is 3.89. The van der Waals surface area contributed by atoms with Gasteiger partial charge >= 0.3 is 0 Å². The quantitative estimate of drug-likeness (QED) is 0.760. The first-order valence-corrected chi connectivity index (χ1v) is 6.84. The maximum absolute atomic E-state index is 12.5. The van der Waals surface area contributed by atoms with Gasteiger partial charge in [0, 0.05) is 13.1 Å². The van der Waals surface area contributed by atoms with Gasteiger partial charge in [-0.15, -0.1) is 0 Å². The molecule has 2 aliphatic heterocycles. The number of hydrogen-bond acceptors (Lipinski definition) is 2. The van der Waals surface area contributed by atoms with Crippen molar-refractivity contribution in [3.05, 3.63) is 35.4 Å². The van der Waals surface area contributed by atoms with E-state index in [9.17, 15) is 4.79 Å². The summed E-state index contributed by atoms with van der Waals surface area (Å²) in [6.07, 6.45) is 4.04. The van der Waals surface area contributed by atoms with E-state index in [1.54, 1.807) is 0 Å². The van der Waals surface area contributed by atoms with Crippen LogP contribution in [0.5, 0.6) is 0 Å². The lowest BCUT2D eigenvalue weighted by atomic mass is 9.96. The second-order valence-electron chi connectivity index (χ2n) is 5.09. The van der Waals surface area contributed by atoms with Gasteiger partial charge < -0.3 is 9.64 Å². The Morgan fingerprint density at radius 1 is 1.17 bits per heavy atom. The molecule has 0 spiro atoms. The zero-order valence-electron chi connectivity index (χ0n) is 10.6. The van der Waals surface area contributed by atoms with Crippen LogP contribution in [-0.2, 0) is 16.0 Å². The van der Waals surface area contributed by atoms with Crippen LogP contribution in [0, 0.1) is 0 Å². The van der Waals surface area contributed by atoms with Gasteiger partial charge in [0.05, 0.1) is 6.61 Å². The number of fused-ring (bicyclic) bond motifs is 1. The van der Waals surface area contributed by atoms with Gasteiger partial charge in [0.1, 0.15) is 0 Å². The lowest BCUT2D eigenvalue weighted by molar-refractivity contribution is -0.146. The number of carbonyl (C=O) groups excluding carboxylic acids is 1. The predicted molar refractivity (Wildman–Crippen MR) is 69.3 cm³/mol. The van der Waals surface area contributed by atoms with Gasteiger partial charge in [0.25, 0.3) is 5.91 Å². The molecule has 1 aromatic carbocycles. The number of ether oxygens (including phenoxy) is 1. The smallest absolute Gasteiger partial charge is 0.256 e. The molecule has 0 radical (unpaired) electrons. The zero-order chi connectivity index (χ0) is 12.4. The number of nitrogens with zero attached hydrogens (tertiary/aromatic N) is 1. The molecule has 3 rings (SSSR count). The minimum atomic E-state index is -0.368. The summed E-state index contributed by atoms with van der Waals surface area (Å²) in [6, 6.07) is 8.16. The number of amides is 1. The van der Waals surface area contributed by atoms with Crippen molar-refractivity contribution in [1.82, 2.24) is 4.90 Å². The van der Waals surface area contributed by atoms with Crippen molar-refractivity contribution in [2.45, 2.75) is 31.8 Å². The van der Waals surface area contributed by atoms with E-state index in [-0.39, 0.29) is 12.0 Å². The van der Waals surface area contributed by atoms with Crippen LogP contribution in [0.1, 0.15) is 36.5 Å². The Hall–Kier alpha value is -1.35. The predicted octanol–water partition coefficient (Wildman–Crippen LogP) is 2.31. The van der Waals surface area contributed by atoms with E-state index >= 15 is 0 Å². The molecule has 0 aliphatic carbocycles. The number of hydrogen-bond donors (Lipinski definition) is 0. The maximum Gasteiger partial charge on any atom is 0.256 e. The van der Waals surface area contributed by atoms with E-state index in [1.165, 1.54) is 12.0 Å². The van der Waals surface area contributed by atoms with Crippen molar-refractivity contribution < 1.29 is 9.53 Å². The largest absolute Gasteiger partial charge is 0.363 e. The molecule has 1 amide bonds. The van der Waals surface area contributed by atoms with Crippen molar-refractivity contribution in [2.75, 3.05) is 19.7 Å².